The van der Waals surface area contributed by atoms with Crippen LogP contribution in [0.4, 0.5) is 5.82 Å². The summed E-state index contributed by atoms with van der Waals surface area (Å²) in [6.07, 6.45) is 7.51. The molecule has 2 saturated heterocycles. The number of benzene rings is 1. The number of aromatic nitrogens is 1. The fourth-order valence-electron chi connectivity index (χ4n) is 5.06. The molecular weight excluding hydrogens is 454 g/mol. The molecule has 0 saturated carbocycles. The van der Waals surface area contributed by atoms with Crippen molar-refractivity contribution in [3.8, 4) is 0 Å². The third-order valence-corrected chi connectivity index (χ3v) is 7.66. The van der Waals surface area contributed by atoms with Crippen molar-refractivity contribution in [1.82, 2.24) is 14.8 Å². The SMILES string of the molecule is C/C(=N\OCc1ccccc1)C1CN(C(=O)/C=C/c2cnc3c(c2)CC2(CCN(C)CC2)C(=O)N3)C1. The lowest BCUT2D eigenvalue weighted by molar-refractivity contribution is -0.130. The highest BCUT2D eigenvalue weighted by Gasteiger charge is 2.44. The molecule has 3 aliphatic heterocycles. The second-order valence-electron chi connectivity index (χ2n) is 10.3. The second kappa shape index (κ2) is 10.2. The number of piperidine rings is 1. The van der Waals surface area contributed by atoms with Gasteiger partial charge in [-0.1, -0.05) is 35.5 Å². The molecule has 1 aromatic carbocycles. The average molecular weight is 488 g/mol. The number of carbonyl (C=O) groups is 2. The number of nitrogens with one attached hydrogen (secondary N) is 1. The molecular formula is C28H33N5O3. The van der Waals surface area contributed by atoms with Gasteiger partial charge >= 0.3 is 0 Å². The molecule has 1 N–H and O–H groups in total. The van der Waals surface area contributed by atoms with Crippen LogP contribution in [-0.4, -0.2) is 65.5 Å². The zero-order valence-corrected chi connectivity index (χ0v) is 20.9. The zero-order valence-electron chi connectivity index (χ0n) is 20.9. The van der Waals surface area contributed by atoms with E-state index < -0.39 is 0 Å². The monoisotopic (exact) mass is 487 g/mol. The number of hydrogen-bond acceptors (Lipinski definition) is 6. The first kappa shape index (κ1) is 24.2. The lowest BCUT2D eigenvalue weighted by atomic mass is 9.71. The molecule has 188 valence electrons. The largest absolute Gasteiger partial charge is 0.391 e. The van der Waals surface area contributed by atoms with Gasteiger partial charge in [0.2, 0.25) is 11.8 Å². The molecule has 1 aromatic heterocycles. The van der Waals surface area contributed by atoms with Gasteiger partial charge in [0.25, 0.3) is 0 Å². The molecule has 0 aliphatic carbocycles. The summed E-state index contributed by atoms with van der Waals surface area (Å²) in [5.41, 5.74) is 3.54. The van der Waals surface area contributed by atoms with Crippen LogP contribution in [0.15, 0.2) is 53.8 Å². The van der Waals surface area contributed by atoms with Crippen molar-refractivity contribution in [3.63, 3.8) is 0 Å². The van der Waals surface area contributed by atoms with E-state index in [1.165, 1.54) is 0 Å². The van der Waals surface area contributed by atoms with Crippen LogP contribution in [0.3, 0.4) is 0 Å². The van der Waals surface area contributed by atoms with Gasteiger partial charge in [-0.2, -0.15) is 0 Å². The Hall–Kier alpha value is -3.52. The molecule has 8 nitrogen and oxygen atoms in total. The van der Waals surface area contributed by atoms with Crippen LogP contribution in [0.25, 0.3) is 6.08 Å². The van der Waals surface area contributed by atoms with E-state index in [0.29, 0.717) is 31.9 Å². The van der Waals surface area contributed by atoms with Crippen LogP contribution in [0, 0.1) is 11.3 Å². The highest BCUT2D eigenvalue weighted by Crippen LogP contribution is 2.40. The van der Waals surface area contributed by atoms with Gasteiger partial charge in [-0.25, -0.2) is 4.98 Å². The number of amides is 2. The summed E-state index contributed by atoms with van der Waals surface area (Å²) in [5, 5.41) is 7.25. The fraction of sp³-hybridized carbons (Fsp3) is 0.429. The standard InChI is InChI=1S/C28H33N5O3/c1-20(31-36-19-21-6-4-3-5-7-21)24-17-33(18-24)25(34)9-8-22-14-23-15-28(10-12-32(2)13-11-28)27(35)30-26(23)29-16-22/h3-9,14,16,24H,10-13,15,17-19H2,1-2H3,(H,29,30,35)/b9-8+,31-20+. The first-order chi connectivity index (χ1) is 17.4. The van der Waals surface area contributed by atoms with Crippen LogP contribution < -0.4 is 5.32 Å². The molecule has 36 heavy (non-hydrogen) atoms. The first-order valence-electron chi connectivity index (χ1n) is 12.6. The molecule has 5 rings (SSSR count). The van der Waals surface area contributed by atoms with Crippen molar-refractivity contribution in [2.24, 2.45) is 16.5 Å². The minimum absolute atomic E-state index is 0.0259. The lowest BCUT2D eigenvalue weighted by Crippen LogP contribution is -2.52. The van der Waals surface area contributed by atoms with E-state index in [-0.39, 0.29) is 23.1 Å². The predicted octanol–water partition coefficient (Wildman–Crippen LogP) is 3.35. The maximum atomic E-state index is 12.8. The maximum Gasteiger partial charge on any atom is 0.246 e. The Morgan fingerprint density at radius 1 is 1.25 bits per heavy atom. The average Bonchev–Trinajstić information content (AvgIpc) is 2.85. The Bertz CT molecular complexity index is 1180. The van der Waals surface area contributed by atoms with Gasteiger partial charge in [0.15, 0.2) is 0 Å². The number of likely N-dealkylation sites (tertiary alicyclic amines) is 2. The topological polar surface area (TPSA) is 87.1 Å². The Kier molecular flexibility index (Phi) is 6.87. The molecule has 0 unspecified atom stereocenters. The predicted molar refractivity (Wildman–Crippen MR) is 139 cm³/mol. The molecule has 8 heteroatoms. The number of anilines is 1. The minimum atomic E-state index is -0.351. The number of fused-ring (bicyclic) bond motifs is 1. The van der Waals surface area contributed by atoms with Gasteiger partial charge in [-0.15, -0.1) is 0 Å². The zero-order chi connectivity index (χ0) is 25.1. The van der Waals surface area contributed by atoms with Gasteiger partial charge in [0.05, 0.1) is 11.1 Å². The van der Waals surface area contributed by atoms with Gasteiger partial charge in [-0.05, 0) is 75.2 Å². The van der Waals surface area contributed by atoms with Gasteiger partial charge in [0, 0.05) is 31.3 Å². The summed E-state index contributed by atoms with van der Waals surface area (Å²) in [5.74, 6) is 0.925. The first-order valence-corrected chi connectivity index (χ1v) is 12.6. The summed E-state index contributed by atoms with van der Waals surface area (Å²) in [6.45, 7) is 5.50. The van der Waals surface area contributed by atoms with Crippen molar-refractivity contribution < 1.29 is 14.4 Å². The van der Waals surface area contributed by atoms with Crippen LogP contribution in [0.5, 0.6) is 0 Å². The van der Waals surface area contributed by atoms with Crippen molar-refractivity contribution in [2.45, 2.75) is 32.8 Å². The molecule has 2 amide bonds. The molecule has 3 aliphatic rings. The number of hydrogen-bond donors (Lipinski definition) is 1. The molecule has 0 radical (unpaired) electrons. The number of carbonyl (C=O) groups excluding carboxylic acids is 2. The molecule has 2 aromatic rings. The second-order valence-corrected chi connectivity index (χ2v) is 10.3. The highest BCUT2D eigenvalue weighted by molar-refractivity contribution is 5.98. The molecule has 0 atom stereocenters. The number of oxime groups is 1. The molecule has 1 spiro atoms. The summed E-state index contributed by atoms with van der Waals surface area (Å²) < 4.78 is 0. The third kappa shape index (κ3) is 5.18. The van der Waals surface area contributed by atoms with E-state index in [2.05, 4.69) is 27.4 Å². The quantitative estimate of drug-likeness (QED) is 0.384. The number of nitrogens with zero attached hydrogens (tertiary/aromatic N) is 4. The third-order valence-electron chi connectivity index (χ3n) is 7.66. The number of pyridine rings is 1. The van der Waals surface area contributed by atoms with Gasteiger partial charge < -0.3 is 20.0 Å². The van der Waals surface area contributed by atoms with E-state index >= 15 is 0 Å². The fourth-order valence-corrected chi connectivity index (χ4v) is 5.06. The molecule has 0 bridgehead atoms. The summed E-state index contributed by atoms with van der Waals surface area (Å²) >= 11 is 0. The van der Waals surface area contributed by atoms with Gasteiger partial charge in [0.1, 0.15) is 12.4 Å². The highest BCUT2D eigenvalue weighted by atomic mass is 16.6. The Morgan fingerprint density at radius 2 is 2.00 bits per heavy atom. The van der Waals surface area contributed by atoms with Crippen LogP contribution in [0.2, 0.25) is 0 Å². The smallest absolute Gasteiger partial charge is 0.246 e. The van der Waals surface area contributed by atoms with E-state index in [1.807, 2.05) is 49.4 Å². The van der Waals surface area contributed by atoms with E-state index in [9.17, 15) is 9.59 Å². The Balaban J connectivity index is 1.14. The van der Waals surface area contributed by atoms with E-state index in [0.717, 1.165) is 48.3 Å². The number of rotatable bonds is 6. The maximum absolute atomic E-state index is 12.8. The van der Waals surface area contributed by atoms with Crippen molar-refractivity contribution in [2.75, 3.05) is 38.5 Å². The van der Waals surface area contributed by atoms with Crippen LogP contribution >= 0.6 is 0 Å². The minimum Gasteiger partial charge on any atom is -0.391 e. The summed E-state index contributed by atoms with van der Waals surface area (Å²) in [7, 11) is 2.09. The Morgan fingerprint density at radius 3 is 2.75 bits per heavy atom. The summed E-state index contributed by atoms with van der Waals surface area (Å²) in [6, 6.07) is 12.0. The molecule has 2 fully saturated rings. The Labute approximate surface area is 212 Å². The normalized spacial score (nSPS) is 20.2. The summed E-state index contributed by atoms with van der Waals surface area (Å²) in [4.78, 5) is 39.5. The molecule has 4 heterocycles. The van der Waals surface area contributed by atoms with Gasteiger partial charge in [-0.3, -0.25) is 9.59 Å². The van der Waals surface area contributed by atoms with Crippen LogP contribution in [-0.2, 0) is 27.5 Å². The van der Waals surface area contributed by atoms with E-state index in [1.54, 1.807) is 17.2 Å². The van der Waals surface area contributed by atoms with Crippen LogP contribution in [0.1, 0.15) is 36.5 Å². The van der Waals surface area contributed by atoms with E-state index in [4.69, 9.17) is 4.84 Å². The van der Waals surface area contributed by atoms with Crippen molar-refractivity contribution in [1.29, 1.82) is 0 Å². The lowest BCUT2D eigenvalue weighted by Gasteiger charge is -2.42. The van der Waals surface area contributed by atoms with Crippen molar-refractivity contribution in [3.05, 3.63) is 65.4 Å². The van der Waals surface area contributed by atoms with Crippen molar-refractivity contribution >= 4 is 29.4 Å².